The minimum absolute atomic E-state index is 0.149. The molecule has 0 aromatic heterocycles. The third kappa shape index (κ3) is 1.74. The van der Waals surface area contributed by atoms with E-state index in [9.17, 15) is 0 Å². The summed E-state index contributed by atoms with van der Waals surface area (Å²) in [6.07, 6.45) is 1.18. The van der Waals surface area contributed by atoms with Crippen LogP contribution in [0, 0.1) is 0 Å². The molecule has 0 aliphatic carbocycles. The Labute approximate surface area is 91.5 Å². The van der Waals surface area contributed by atoms with Crippen molar-refractivity contribution in [2.24, 2.45) is 0 Å². The number of hydrogen-bond acceptors (Lipinski definition) is 2. The fourth-order valence-corrected chi connectivity index (χ4v) is 2.43. The average Bonchev–Trinajstić information content (AvgIpc) is 2.65. The fraction of sp³-hybridized carbons (Fsp3) is 0.538. The Hall–Kier alpha value is -1.02. The summed E-state index contributed by atoms with van der Waals surface area (Å²) in [4.78, 5) is 2.42. The Bertz CT molecular complexity index is 348. The summed E-state index contributed by atoms with van der Waals surface area (Å²) in [5, 5.41) is 9.14. The van der Waals surface area contributed by atoms with Gasteiger partial charge >= 0.3 is 0 Å². The second-order valence-electron chi connectivity index (χ2n) is 4.20. The molecule has 1 N–H and O–H groups in total. The molecule has 1 aliphatic rings. The lowest BCUT2D eigenvalue weighted by Crippen LogP contribution is -2.20. The van der Waals surface area contributed by atoms with Crippen LogP contribution < -0.4 is 4.90 Å². The van der Waals surface area contributed by atoms with Crippen molar-refractivity contribution in [1.29, 1.82) is 0 Å². The van der Waals surface area contributed by atoms with Crippen LogP contribution >= 0.6 is 0 Å². The van der Waals surface area contributed by atoms with Crippen LogP contribution in [0.25, 0.3) is 0 Å². The largest absolute Gasteiger partial charge is 0.392 e. The normalized spacial score (nSPS) is 19.4. The first kappa shape index (κ1) is 10.5. The SMILES string of the molecule is CCC1CN(CC)c2ccc(CO)cc21. The first-order chi connectivity index (χ1) is 7.30. The van der Waals surface area contributed by atoms with Gasteiger partial charge in [-0.3, -0.25) is 0 Å². The van der Waals surface area contributed by atoms with Crippen LogP contribution in [0.4, 0.5) is 5.69 Å². The molecule has 0 fully saturated rings. The summed E-state index contributed by atoms with van der Waals surface area (Å²) in [6, 6.07) is 6.35. The molecule has 0 amide bonds. The zero-order valence-corrected chi connectivity index (χ0v) is 9.53. The molecule has 1 unspecified atom stereocenters. The fourth-order valence-electron chi connectivity index (χ4n) is 2.43. The zero-order chi connectivity index (χ0) is 10.8. The van der Waals surface area contributed by atoms with Gasteiger partial charge in [0.1, 0.15) is 0 Å². The second-order valence-corrected chi connectivity index (χ2v) is 4.20. The summed E-state index contributed by atoms with van der Waals surface area (Å²) in [7, 11) is 0. The van der Waals surface area contributed by atoms with E-state index in [2.05, 4.69) is 30.9 Å². The standard InChI is InChI=1S/C13H19NO/c1-3-11-8-14(4-2)13-6-5-10(9-15)7-12(11)13/h5-7,11,15H,3-4,8-9H2,1-2H3. The van der Waals surface area contributed by atoms with Crippen molar-refractivity contribution in [2.75, 3.05) is 18.0 Å². The van der Waals surface area contributed by atoms with E-state index in [1.807, 2.05) is 6.07 Å². The van der Waals surface area contributed by atoms with Crippen molar-refractivity contribution in [2.45, 2.75) is 32.8 Å². The van der Waals surface area contributed by atoms with Gasteiger partial charge in [-0.15, -0.1) is 0 Å². The molecule has 1 aromatic carbocycles. The lowest BCUT2D eigenvalue weighted by molar-refractivity contribution is 0.281. The highest BCUT2D eigenvalue weighted by molar-refractivity contribution is 5.61. The predicted octanol–water partition coefficient (Wildman–Crippen LogP) is 2.51. The molecule has 1 aliphatic heterocycles. The van der Waals surface area contributed by atoms with Gasteiger partial charge in [0.05, 0.1) is 6.61 Å². The average molecular weight is 205 g/mol. The summed E-state index contributed by atoms with van der Waals surface area (Å²) in [5.41, 5.74) is 3.82. The van der Waals surface area contributed by atoms with Crippen LogP contribution in [-0.2, 0) is 6.61 Å². The van der Waals surface area contributed by atoms with Crippen molar-refractivity contribution >= 4 is 5.69 Å². The first-order valence-electron chi connectivity index (χ1n) is 5.78. The van der Waals surface area contributed by atoms with Crippen LogP contribution in [0.2, 0.25) is 0 Å². The predicted molar refractivity (Wildman–Crippen MR) is 63.3 cm³/mol. The molecule has 1 aromatic rings. The number of nitrogens with zero attached hydrogens (tertiary/aromatic N) is 1. The number of rotatable bonds is 3. The van der Waals surface area contributed by atoms with Gasteiger partial charge in [-0.2, -0.15) is 0 Å². The number of benzene rings is 1. The topological polar surface area (TPSA) is 23.5 Å². The molecule has 0 saturated carbocycles. The minimum Gasteiger partial charge on any atom is -0.392 e. The van der Waals surface area contributed by atoms with Crippen molar-refractivity contribution in [3.8, 4) is 0 Å². The molecule has 15 heavy (non-hydrogen) atoms. The second kappa shape index (κ2) is 4.23. The molecular formula is C13H19NO. The lowest BCUT2D eigenvalue weighted by atomic mass is 9.97. The number of hydrogen-bond donors (Lipinski definition) is 1. The third-order valence-corrected chi connectivity index (χ3v) is 3.37. The smallest absolute Gasteiger partial charge is 0.0681 e. The van der Waals surface area contributed by atoms with E-state index in [-0.39, 0.29) is 6.61 Å². The van der Waals surface area contributed by atoms with Crippen molar-refractivity contribution < 1.29 is 5.11 Å². The monoisotopic (exact) mass is 205 g/mol. The maximum atomic E-state index is 9.14. The Kier molecular flexibility index (Phi) is 2.96. The molecule has 1 atom stereocenters. The van der Waals surface area contributed by atoms with E-state index < -0.39 is 0 Å². The Morgan fingerprint density at radius 3 is 2.80 bits per heavy atom. The van der Waals surface area contributed by atoms with Gasteiger partial charge in [-0.05, 0) is 30.5 Å². The van der Waals surface area contributed by atoms with Gasteiger partial charge in [-0.1, -0.05) is 19.1 Å². The number of anilines is 1. The van der Waals surface area contributed by atoms with Gasteiger partial charge in [-0.25, -0.2) is 0 Å². The molecule has 0 bridgehead atoms. The first-order valence-corrected chi connectivity index (χ1v) is 5.78. The highest BCUT2D eigenvalue weighted by Gasteiger charge is 2.26. The summed E-state index contributed by atoms with van der Waals surface area (Å²) < 4.78 is 0. The van der Waals surface area contributed by atoms with Crippen LogP contribution in [0.15, 0.2) is 18.2 Å². The van der Waals surface area contributed by atoms with E-state index in [4.69, 9.17) is 5.11 Å². The van der Waals surface area contributed by atoms with Crippen molar-refractivity contribution in [3.05, 3.63) is 29.3 Å². The van der Waals surface area contributed by atoms with Gasteiger partial charge in [0.2, 0.25) is 0 Å². The summed E-state index contributed by atoms with van der Waals surface area (Å²) in [5.74, 6) is 0.645. The van der Waals surface area contributed by atoms with Crippen LogP contribution in [0.3, 0.4) is 0 Å². The van der Waals surface area contributed by atoms with Crippen molar-refractivity contribution in [1.82, 2.24) is 0 Å². The summed E-state index contributed by atoms with van der Waals surface area (Å²) in [6.45, 7) is 6.79. The van der Waals surface area contributed by atoms with E-state index in [1.165, 1.54) is 17.7 Å². The number of aliphatic hydroxyl groups is 1. The van der Waals surface area contributed by atoms with Gasteiger partial charge < -0.3 is 10.0 Å². The van der Waals surface area contributed by atoms with Gasteiger partial charge in [0.15, 0.2) is 0 Å². The molecule has 2 rings (SSSR count). The van der Waals surface area contributed by atoms with E-state index in [0.29, 0.717) is 5.92 Å². The molecule has 82 valence electrons. The third-order valence-electron chi connectivity index (χ3n) is 3.37. The van der Waals surface area contributed by atoms with Crippen LogP contribution in [-0.4, -0.2) is 18.2 Å². The Morgan fingerprint density at radius 1 is 1.40 bits per heavy atom. The molecule has 2 nitrogen and oxygen atoms in total. The van der Waals surface area contributed by atoms with Crippen LogP contribution in [0.1, 0.15) is 37.3 Å². The van der Waals surface area contributed by atoms with Crippen molar-refractivity contribution in [3.63, 3.8) is 0 Å². The van der Waals surface area contributed by atoms with E-state index in [0.717, 1.165) is 18.7 Å². The van der Waals surface area contributed by atoms with Gasteiger partial charge in [0.25, 0.3) is 0 Å². The van der Waals surface area contributed by atoms with E-state index in [1.54, 1.807) is 0 Å². The zero-order valence-electron chi connectivity index (χ0n) is 9.53. The highest BCUT2D eigenvalue weighted by Crippen LogP contribution is 2.38. The molecule has 2 heteroatoms. The molecular weight excluding hydrogens is 186 g/mol. The van der Waals surface area contributed by atoms with E-state index >= 15 is 0 Å². The summed E-state index contributed by atoms with van der Waals surface area (Å²) >= 11 is 0. The minimum atomic E-state index is 0.149. The van der Waals surface area contributed by atoms with Gasteiger partial charge in [0, 0.05) is 24.7 Å². The number of aliphatic hydroxyl groups excluding tert-OH is 1. The molecule has 0 radical (unpaired) electrons. The highest BCUT2D eigenvalue weighted by atomic mass is 16.3. The number of fused-ring (bicyclic) bond motifs is 1. The quantitative estimate of drug-likeness (QED) is 0.819. The molecule has 0 saturated heterocycles. The maximum absolute atomic E-state index is 9.14. The lowest BCUT2D eigenvalue weighted by Gasteiger charge is -2.16. The molecule has 0 spiro atoms. The Morgan fingerprint density at radius 2 is 2.20 bits per heavy atom. The number of likely N-dealkylation sites (N-methyl/N-ethyl adjacent to an activating group) is 1. The van der Waals surface area contributed by atoms with Crippen LogP contribution in [0.5, 0.6) is 0 Å². The molecule has 1 heterocycles. The Balaban J connectivity index is 2.39. The maximum Gasteiger partial charge on any atom is 0.0681 e.